The van der Waals surface area contributed by atoms with E-state index in [1.54, 1.807) is 12.3 Å². The van der Waals surface area contributed by atoms with E-state index in [9.17, 15) is 18.0 Å². The van der Waals surface area contributed by atoms with Crippen LogP contribution >= 0.6 is 0 Å². The van der Waals surface area contributed by atoms with Crippen molar-refractivity contribution < 1.29 is 18.0 Å². The van der Waals surface area contributed by atoms with Gasteiger partial charge in [0, 0.05) is 37.9 Å². The summed E-state index contributed by atoms with van der Waals surface area (Å²) >= 11 is 0. The molecule has 2 aromatic heterocycles. The zero-order valence-corrected chi connectivity index (χ0v) is 22.9. The Hall–Kier alpha value is -3.00. The van der Waals surface area contributed by atoms with Gasteiger partial charge >= 0.3 is 12.1 Å². The number of aryl methyl sites for hydroxylation is 1. The van der Waals surface area contributed by atoms with Gasteiger partial charge in [0.1, 0.15) is 11.5 Å². The van der Waals surface area contributed by atoms with Gasteiger partial charge < -0.3 is 26.2 Å². The number of rotatable bonds is 14. The molecule has 2 aromatic rings. The summed E-state index contributed by atoms with van der Waals surface area (Å²) < 4.78 is 39.7. The van der Waals surface area contributed by atoms with Crippen molar-refractivity contribution in [2.75, 3.05) is 43.4 Å². The molecule has 1 saturated heterocycles. The maximum Gasteiger partial charge on any atom is 0.471 e. The van der Waals surface area contributed by atoms with Gasteiger partial charge in [-0.2, -0.15) is 18.2 Å². The van der Waals surface area contributed by atoms with E-state index in [0.717, 1.165) is 55.7 Å². The summed E-state index contributed by atoms with van der Waals surface area (Å²) in [5, 5.41) is 21.9. The van der Waals surface area contributed by atoms with Gasteiger partial charge in [-0.3, -0.25) is 9.48 Å². The van der Waals surface area contributed by atoms with Crippen LogP contribution in [0.4, 0.5) is 24.9 Å². The minimum absolute atomic E-state index is 0.0514. The van der Waals surface area contributed by atoms with E-state index in [2.05, 4.69) is 41.5 Å². The highest BCUT2D eigenvalue weighted by Gasteiger charge is 2.43. The molecular formula is C26H41F3N10O. The zero-order valence-electron chi connectivity index (χ0n) is 22.9. The Labute approximate surface area is 233 Å². The summed E-state index contributed by atoms with van der Waals surface area (Å²) in [5.41, 5.74) is 0.769. The predicted molar refractivity (Wildman–Crippen MR) is 146 cm³/mol. The molecule has 1 aliphatic heterocycles. The van der Waals surface area contributed by atoms with E-state index < -0.39 is 12.1 Å². The summed E-state index contributed by atoms with van der Waals surface area (Å²) in [5.74, 6) is -0.800. The molecule has 0 radical (unpaired) electrons. The molecule has 40 heavy (non-hydrogen) atoms. The van der Waals surface area contributed by atoms with Crippen LogP contribution in [-0.4, -0.2) is 86.8 Å². The third kappa shape index (κ3) is 9.88. The van der Waals surface area contributed by atoms with Crippen LogP contribution < -0.4 is 21.3 Å². The molecule has 4 N–H and O–H groups in total. The standard InChI is InChI=1S/C26H41F3N10O/c27-26(28,29)24(40)38-16-9-21(10-17-38)34-23-8-14-32-25(35-23)33-18-22-19-39(37-36-22)15-5-12-30-11-4-13-31-20-6-2-1-3-7-20/h8,14,19-21,30-31H,1-7,9-13,15-18H2,(H2,32,33,34,35). The van der Waals surface area contributed by atoms with Crippen LogP contribution in [0.5, 0.6) is 0 Å². The molecule has 2 fully saturated rings. The summed E-state index contributed by atoms with van der Waals surface area (Å²) in [4.78, 5) is 20.9. The molecular weight excluding hydrogens is 525 g/mol. The first-order valence-electron chi connectivity index (χ1n) is 14.4. The monoisotopic (exact) mass is 566 g/mol. The zero-order chi connectivity index (χ0) is 28.2. The minimum Gasteiger partial charge on any atom is -0.367 e. The molecule has 1 amide bonds. The van der Waals surface area contributed by atoms with Crippen molar-refractivity contribution in [2.45, 2.75) is 89.1 Å². The molecule has 1 aliphatic carbocycles. The SMILES string of the molecule is O=C(N1CCC(Nc2ccnc(NCc3cn(CCCNCCCNC4CCCCC4)nn3)n2)CC1)C(F)(F)F. The van der Waals surface area contributed by atoms with Crippen molar-refractivity contribution in [1.29, 1.82) is 0 Å². The van der Waals surface area contributed by atoms with Gasteiger partial charge in [-0.1, -0.05) is 24.5 Å². The number of anilines is 2. The lowest BCUT2D eigenvalue weighted by Crippen LogP contribution is -2.47. The van der Waals surface area contributed by atoms with Crippen molar-refractivity contribution in [3.05, 3.63) is 24.2 Å². The van der Waals surface area contributed by atoms with Crippen LogP contribution in [0.15, 0.2) is 18.5 Å². The number of nitrogens with one attached hydrogen (secondary N) is 4. The van der Waals surface area contributed by atoms with Crippen LogP contribution in [-0.2, 0) is 17.9 Å². The maximum absolute atomic E-state index is 12.6. The van der Waals surface area contributed by atoms with Crippen LogP contribution in [0.25, 0.3) is 0 Å². The molecule has 11 nitrogen and oxygen atoms in total. The van der Waals surface area contributed by atoms with Crippen molar-refractivity contribution in [3.8, 4) is 0 Å². The van der Waals surface area contributed by atoms with Crippen LogP contribution in [0.1, 0.15) is 63.5 Å². The second-order valence-electron chi connectivity index (χ2n) is 10.5. The quantitative estimate of drug-likeness (QED) is 0.256. The Morgan fingerprint density at radius 1 is 1.00 bits per heavy atom. The van der Waals surface area contributed by atoms with E-state index in [0.29, 0.717) is 31.2 Å². The van der Waals surface area contributed by atoms with E-state index in [1.165, 1.54) is 32.1 Å². The van der Waals surface area contributed by atoms with Gasteiger partial charge in [0.25, 0.3) is 0 Å². The fraction of sp³-hybridized carbons (Fsp3) is 0.731. The third-order valence-electron chi connectivity index (χ3n) is 7.36. The fourth-order valence-electron chi connectivity index (χ4n) is 5.16. The second-order valence-corrected chi connectivity index (χ2v) is 10.5. The number of piperidine rings is 1. The van der Waals surface area contributed by atoms with Crippen LogP contribution in [0, 0.1) is 0 Å². The van der Waals surface area contributed by atoms with Gasteiger partial charge in [-0.05, 0) is 64.2 Å². The molecule has 0 aromatic carbocycles. The van der Waals surface area contributed by atoms with Gasteiger partial charge in [-0.25, -0.2) is 4.98 Å². The largest absolute Gasteiger partial charge is 0.471 e. The van der Waals surface area contributed by atoms with Crippen molar-refractivity contribution in [1.82, 2.24) is 40.5 Å². The lowest BCUT2D eigenvalue weighted by Gasteiger charge is -2.32. The number of hydrogen-bond donors (Lipinski definition) is 4. The lowest BCUT2D eigenvalue weighted by atomic mass is 9.95. The molecule has 3 heterocycles. The molecule has 0 bridgehead atoms. The van der Waals surface area contributed by atoms with Gasteiger partial charge in [0.05, 0.1) is 12.7 Å². The smallest absolute Gasteiger partial charge is 0.367 e. The Kier molecular flexibility index (Phi) is 11.3. The number of hydrogen-bond acceptors (Lipinski definition) is 9. The number of alkyl halides is 3. The summed E-state index contributed by atoms with van der Waals surface area (Å²) in [6.07, 6.45) is 8.35. The average Bonchev–Trinajstić information content (AvgIpc) is 3.41. The summed E-state index contributed by atoms with van der Waals surface area (Å²) in [7, 11) is 0. The van der Waals surface area contributed by atoms with E-state index in [1.807, 2.05) is 10.9 Å². The van der Waals surface area contributed by atoms with E-state index in [-0.39, 0.29) is 19.1 Å². The lowest BCUT2D eigenvalue weighted by molar-refractivity contribution is -0.186. The number of amides is 1. The number of aromatic nitrogens is 5. The summed E-state index contributed by atoms with van der Waals surface area (Å²) in [6, 6.07) is 2.35. The molecule has 0 atom stereocenters. The van der Waals surface area contributed by atoms with E-state index in [4.69, 9.17) is 0 Å². The normalized spacial score (nSPS) is 17.2. The molecule has 1 saturated carbocycles. The number of nitrogens with zero attached hydrogens (tertiary/aromatic N) is 6. The van der Waals surface area contributed by atoms with Crippen LogP contribution in [0.2, 0.25) is 0 Å². The summed E-state index contributed by atoms with van der Waals surface area (Å²) in [6.45, 7) is 4.31. The molecule has 0 spiro atoms. The Morgan fingerprint density at radius 3 is 2.55 bits per heavy atom. The predicted octanol–water partition coefficient (Wildman–Crippen LogP) is 2.94. The number of halogens is 3. The highest BCUT2D eigenvalue weighted by molar-refractivity contribution is 5.81. The first-order chi connectivity index (χ1) is 19.4. The third-order valence-corrected chi connectivity index (χ3v) is 7.36. The number of carbonyl (C=O) groups is 1. The van der Waals surface area contributed by atoms with E-state index >= 15 is 0 Å². The van der Waals surface area contributed by atoms with Crippen LogP contribution in [0.3, 0.4) is 0 Å². The average molecular weight is 567 g/mol. The minimum atomic E-state index is -4.83. The molecule has 2 aliphatic rings. The first kappa shape index (κ1) is 30.0. The molecule has 222 valence electrons. The highest BCUT2D eigenvalue weighted by atomic mass is 19.4. The number of carbonyl (C=O) groups excluding carboxylic acids is 1. The van der Waals surface area contributed by atoms with Gasteiger partial charge in [0.2, 0.25) is 5.95 Å². The van der Waals surface area contributed by atoms with Crippen molar-refractivity contribution >= 4 is 17.7 Å². The Balaban J connectivity index is 1.08. The van der Waals surface area contributed by atoms with Gasteiger partial charge in [0.15, 0.2) is 0 Å². The van der Waals surface area contributed by atoms with Gasteiger partial charge in [-0.15, -0.1) is 5.10 Å². The molecule has 4 rings (SSSR count). The van der Waals surface area contributed by atoms with Crippen molar-refractivity contribution in [2.24, 2.45) is 0 Å². The maximum atomic E-state index is 12.6. The van der Waals surface area contributed by atoms with Crippen molar-refractivity contribution in [3.63, 3.8) is 0 Å². The molecule has 14 heteroatoms. The first-order valence-corrected chi connectivity index (χ1v) is 14.4. The molecule has 0 unspecified atom stereocenters. The number of likely N-dealkylation sites (tertiary alicyclic amines) is 1. The Morgan fingerprint density at radius 2 is 1.77 bits per heavy atom. The topological polar surface area (TPSA) is 125 Å². The highest BCUT2D eigenvalue weighted by Crippen LogP contribution is 2.23. The fourth-order valence-corrected chi connectivity index (χ4v) is 5.16. The Bertz CT molecular complexity index is 1040. The second kappa shape index (κ2) is 15.1.